The van der Waals surface area contributed by atoms with E-state index in [9.17, 15) is 9.59 Å². The number of benzene rings is 3. The Morgan fingerprint density at radius 2 is 0.959 bits per heavy atom. The fourth-order valence-electron chi connectivity index (χ4n) is 5.00. The first-order chi connectivity index (χ1) is 24.0. The molecule has 49 heavy (non-hydrogen) atoms. The van der Waals surface area contributed by atoms with E-state index in [1.165, 1.54) is 18.2 Å². The Balaban J connectivity index is 1.31. The molecule has 0 saturated carbocycles. The predicted octanol–water partition coefficient (Wildman–Crippen LogP) is 9.79. The van der Waals surface area contributed by atoms with Gasteiger partial charge in [0.25, 0.3) is 0 Å². The van der Waals surface area contributed by atoms with Crippen LogP contribution in [0.2, 0.25) is 0 Å². The number of ether oxygens (including phenoxy) is 4. The van der Waals surface area contributed by atoms with Gasteiger partial charge in [-0.2, -0.15) is 0 Å². The summed E-state index contributed by atoms with van der Waals surface area (Å²) in [6.45, 7) is 8.96. The summed E-state index contributed by atoms with van der Waals surface area (Å²) in [5.41, 5.74) is 2.73. The molecule has 260 valence electrons. The van der Waals surface area contributed by atoms with E-state index in [0.29, 0.717) is 37.6 Å². The van der Waals surface area contributed by atoms with E-state index in [1.807, 2.05) is 54.6 Å². The molecular weight excluding hydrogens is 619 g/mol. The van der Waals surface area contributed by atoms with Gasteiger partial charge in [-0.1, -0.05) is 94.6 Å². The molecule has 0 radical (unpaired) electrons. The van der Waals surface area contributed by atoms with Gasteiger partial charge in [0.05, 0.1) is 26.4 Å². The summed E-state index contributed by atoms with van der Waals surface area (Å²) in [6, 6.07) is 20.2. The fourth-order valence-corrected chi connectivity index (χ4v) is 5.00. The number of carbonyl (C=O) groups excluding carboxylic acids is 2. The molecule has 0 heterocycles. The van der Waals surface area contributed by atoms with Crippen LogP contribution in [0.3, 0.4) is 0 Å². The van der Waals surface area contributed by atoms with Crippen molar-refractivity contribution in [3.05, 3.63) is 109 Å². The van der Waals surface area contributed by atoms with Gasteiger partial charge in [0.2, 0.25) is 0 Å². The lowest BCUT2D eigenvalue weighted by Crippen LogP contribution is -2.01. The number of carbonyl (C=O) groups is 2. The zero-order valence-corrected chi connectivity index (χ0v) is 28.6. The Bertz CT molecular complexity index is 1500. The maximum absolute atomic E-state index is 15.0. The highest BCUT2D eigenvalue weighted by Gasteiger charge is 2.07. The average molecular weight is 669 g/mol. The Morgan fingerprint density at radius 1 is 0.551 bits per heavy atom. The largest absolute Gasteiger partial charge is 0.494 e. The fraction of sp³-hybridized carbons (Fsp3) is 0.381. The summed E-state index contributed by atoms with van der Waals surface area (Å²) in [5.74, 6) is 6.68. The van der Waals surface area contributed by atoms with Gasteiger partial charge in [-0.3, -0.25) is 0 Å². The molecule has 0 N–H and O–H groups in total. The molecule has 3 rings (SSSR count). The van der Waals surface area contributed by atoms with Gasteiger partial charge in [0.1, 0.15) is 17.3 Å². The van der Waals surface area contributed by atoms with Crippen LogP contribution in [0.1, 0.15) is 88.2 Å². The van der Waals surface area contributed by atoms with Crippen molar-refractivity contribution in [2.45, 2.75) is 77.0 Å². The summed E-state index contributed by atoms with van der Waals surface area (Å²) in [5, 5.41) is 0. The van der Waals surface area contributed by atoms with E-state index in [4.69, 9.17) is 18.9 Å². The van der Waals surface area contributed by atoms with E-state index in [0.717, 1.165) is 99.7 Å². The first-order valence-corrected chi connectivity index (χ1v) is 17.3. The Labute approximate surface area is 291 Å². The number of halogens is 1. The maximum Gasteiger partial charge on any atom is 0.330 e. The van der Waals surface area contributed by atoms with Crippen LogP contribution in [0.25, 0.3) is 11.1 Å². The minimum atomic E-state index is -0.366. The first-order valence-electron chi connectivity index (χ1n) is 17.3. The monoisotopic (exact) mass is 668 g/mol. The third-order valence-corrected chi connectivity index (χ3v) is 7.78. The summed E-state index contributed by atoms with van der Waals surface area (Å²) in [7, 11) is 0. The molecule has 0 spiro atoms. The van der Waals surface area contributed by atoms with Crippen molar-refractivity contribution in [3.63, 3.8) is 0 Å². The molecule has 0 saturated heterocycles. The molecule has 0 aromatic heterocycles. The Hall–Kier alpha value is -4.83. The lowest BCUT2D eigenvalue weighted by Gasteiger charge is -2.08. The van der Waals surface area contributed by atoms with Gasteiger partial charge < -0.3 is 18.9 Å². The average Bonchev–Trinajstić information content (AvgIpc) is 3.12. The van der Waals surface area contributed by atoms with Crippen molar-refractivity contribution in [1.82, 2.24) is 0 Å². The van der Waals surface area contributed by atoms with Gasteiger partial charge in [0.15, 0.2) is 0 Å². The Kier molecular flexibility index (Phi) is 18.5. The molecule has 6 nitrogen and oxygen atoms in total. The third kappa shape index (κ3) is 16.2. The van der Waals surface area contributed by atoms with Gasteiger partial charge in [0, 0.05) is 28.8 Å². The van der Waals surface area contributed by atoms with E-state index in [1.54, 1.807) is 6.07 Å². The highest BCUT2D eigenvalue weighted by Crippen LogP contribution is 2.26. The van der Waals surface area contributed by atoms with Gasteiger partial charge in [-0.05, 0) is 79.8 Å². The number of hydrogen-bond acceptors (Lipinski definition) is 6. The summed E-state index contributed by atoms with van der Waals surface area (Å²) in [6.07, 6.45) is 14.8. The van der Waals surface area contributed by atoms with Crippen molar-refractivity contribution in [3.8, 4) is 34.5 Å². The van der Waals surface area contributed by atoms with Crippen LogP contribution in [0.4, 0.5) is 4.39 Å². The topological polar surface area (TPSA) is 71.1 Å². The molecule has 0 aliphatic heterocycles. The zero-order valence-electron chi connectivity index (χ0n) is 28.6. The van der Waals surface area contributed by atoms with Crippen LogP contribution in [-0.4, -0.2) is 38.4 Å². The quantitative estimate of drug-likeness (QED) is 0.0434. The molecule has 0 unspecified atom stereocenters. The SMILES string of the molecule is C=CC(=O)OCCCCCCCCOc1ccc(C#Cc2ccc(-c3ccc(OCCCCCCCCOC(=O)C=C)cc3)c(F)c2)cc1. The van der Waals surface area contributed by atoms with Crippen LogP contribution in [0.15, 0.2) is 92.0 Å². The Morgan fingerprint density at radius 3 is 1.43 bits per heavy atom. The van der Waals surface area contributed by atoms with Crippen LogP contribution >= 0.6 is 0 Å². The van der Waals surface area contributed by atoms with Crippen molar-refractivity contribution < 1.29 is 32.9 Å². The van der Waals surface area contributed by atoms with Gasteiger partial charge >= 0.3 is 11.9 Å². The number of hydrogen-bond donors (Lipinski definition) is 0. The van der Waals surface area contributed by atoms with Gasteiger partial charge in [-0.15, -0.1) is 0 Å². The lowest BCUT2D eigenvalue weighted by atomic mass is 10.0. The number of unbranched alkanes of at least 4 members (excludes halogenated alkanes) is 10. The highest BCUT2D eigenvalue weighted by atomic mass is 19.1. The van der Waals surface area contributed by atoms with Crippen molar-refractivity contribution in [2.24, 2.45) is 0 Å². The van der Waals surface area contributed by atoms with Gasteiger partial charge in [-0.25, -0.2) is 14.0 Å². The molecular formula is C42H49FO6. The van der Waals surface area contributed by atoms with Crippen LogP contribution < -0.4 is 9.47 Å². The minimum Gasteiger partial charge on any atom is -0.494 e. The van der Waals surface area contributed by atoms with Crippen LogP contribution in [-0.2, 0) is 19.1 Å². The van der Waals surface area contributed by atoms with E-state index in [2.05, 4.69) is 25.0 Å². The molecule has 3 aromatic rings. The second-order valence-electron chi connectivity index (χ2n) is 11.7. The second-order valence-corrected chi connectivity index (χ2v) is 11.7. The van der Waals surface area contributed by atoms with E-state index in [-0.39, 0.29) is 17.8 Å². The molecule has 0 amide bonds. The highest BCUT2D eigenvalue weighted by molar-refractivity contribution is 5.81. The molecule has 3 aromatic carbocycles. The van der Waals surface area contributed by atoms with Crippen molar-refractivity contribution in [2.75, 3.05) is 26.4 Å². The molecule has 0 aliphatic rings. The predicted molar refractivity (Wildman–Crippen MR) is 193 cm³/mol. The molecule has 0 aliphatic carbocycles. The maximum atomic E-state index is 15.0. The van der Waals surface area contributed by atoms with Crippen molar-refractivity contribution >= 4 is 11.9 Å². The van der Waals surface area contributed by atoms with E-state index >= 15 is 4.39 Å². The number of rotatable bonds is 23. The molecule has 0 fully saturated rings. The standard InChI is InChI=1S/C42H49FO6/c1-3-41(44)48-31-15-11-7-5-9-13-29-46-37-24-19-34(20-25-37)17-18-35-21-28-39(40(43)33-35)36-22-26-38(27-23-36)47-30-14-10-6-8-12-16-32-49-42(45)4-2/h3-4,19-28,33H,1-2,5-16,29-32H2. The van der Waals surface area contributed by atoms with Crippen molar-refractivity contribution in [1.29, 1.82) is 0 Å². The lowest BCUT2D eigenvalue weighted by molar-refractivity contribution is -0.138. The molecule has 7 heteroatoms. The number of esters is 2. The third-order valence-electron chi connectivity index (χ3n) is 7.78. The van der Waals surface area contributed by atoms with E-state index < -0.39 is 0 Å². The second kappa shape index (κ2) is 23.5. The molecule has 0 bridgehead atoms. The smallest absolute Gasteiger partial charge is 0.330 e. The molecule has 0 atom stereocenters. The normalized spacial score (nSPS) is 10.4. The summed E-state index contributed by atoms with van der Waals surface area (Å²) < 4.78 is 36.7. The van der Waals surface area contributed by atoms with Crippen LogP contribution in [0.5, 0.6) is 11.5 Å². The zero-order chi connectivity index (χ0) is 34.9. The summed E-state index contributed by atoms with van der Waals surface area (Å²) in [4.78, 5) is 22.0. The van der Waals surface area contributed by atoms with Crippen LogP contribution in [0, 0.1) is 17.7 Å². The first kappa shape index (κ1) is 38.6. The minimum absolute atomic E-state index is 0.322. The summed E-state index contributed by atoms with van der Waals surface area (Å²) >= 11 is 0.